The third-order valence-electron chi connectivity index (χ3n) is 4.20. The molecular weight excluding hydrogens is 280 g/mol. The van der Waals surface area contributed by atoms with Crippen LogP contribution in [0.3, 0.4) is 0 Å². The average Bonchev–Trinajstić information content (AvgIpc) is 2.87. The summed E-state index contributed by atoms with van der Waals surface area (Å²) in [5, 5.41) is 0. The summed E-state index contributed by atoms with van der Waals surface area (Å²) in [5.41, 5.74) is -1.14. The van der Waals surface area contributed by atoms with Gasteiger partial charge in [-0.15, -0.1) is 0 Å². The molecule has 1 aliphatic carbocycles. The van der Waals surface area contributed by atoms with E-state index in [0.717, 1.165) is 25.7 Å². The van der Waals surface area contributed by atoms with Gasteiger partial charge >= 0.3 is 11.9 Å². The van der Waals surface area contributed by atoms with Crippen molar-refractivity contribution in [3.8, 4) is 0 Å². The lowest BCUT2D eigenvalue weighted by Crippen LogP contribution is -2.49. The fraction of sp³-hybridized carbons (Fsp3) is 0.889. The quantitative estimate of drug-likeness (QED) is 0.524. The molecule has 1 aliphatic rings. The number of carbonyl (C=O) groups excluding carboxylic acids is 2. The molecule has 0 aromatic heterocycles. The first kappa shape index (κ1) is 19.0. The Morgan fingerprint density at radius 1 is 0.909 bits per heavy atom. The number of ether oxygens (including phenoxy) is 2. The van der Waals surface area contributed by atoms with Crippen molar-refractivity contribution in [1.82, 2.24) is 0 Å². The third-order valence-corrected chi connectivity index (χ3v) is 4.20. The van der Waals surface area contributed by atoms with Gasteiger partial charge in [0.1, 0.15) is 0 Å². The molecule has 0 amide bonds. The van der Waals surface area contributed by atoms with E-state index in [2.05, 4.69) is 0 Å². The highest BCUT2D eigenvalue weighted by molar-refractivity contribution is 6.00. The molecule has 0 saturated heterocycles. The fourth-order valence-electron chi connectivity index (χ4n) is 3.45. The Morgan fingerprint density at radius 3 is 1.64 bits per heavy atom. The molecule has 0 heterocycles. The molecule has 1 rings (SSSR count). The molecular formula is C18H32O4. The number of hydrogen-bond donors (Lipinski definition) is 0. The maximum atomic E-state index is 12.9. The minimum atomic E-state index is -1.14. The first-order valence-corrected chi connectivity index (χ1v) is 8.62. The summed E-state index contributed by atoms with van der Waals surface area (Å²) in [6.07, 6.45) is 3.96. The van der Waals surface area contributed by atoms with E-state index in [-0.39, 0.29) is 24.0 Å². The molecule has 0 aliphatic heterocycles. The van der Waals surface area contributed by atoms with Gasteiger partial charge in [-0.05, 0) is 58.8 Å². The van der Waals surface area contributed by atoms with Gasteiger partial charge in [0.05, 0.1) is 12.2 Å². The molecule has 0 unspecified atom stereocenters. The second kappa shape index (κ2) is 7.98. The number of hydrogen-bond acceptors (Lipinski definition) is 4. The van der Waals surface area contributed by atoms with Crippen LogP contribution in [0.2, 0.25) is 0 Å². The molecule has 0 bridgehead atoms. The Balaban J connectivity index is 3.21. The Labute approximate surface area is 134 Å². The molecule has 0 N–H and O–H groups in total. The van der Waals surface area contributed by atoms with Gasteiger partial charge in [-0.25, -0.2) is 0 Å². The summed E-state index contributed by atoms with van der Waals surface area (Å²) in [6.45, 7) is 11.4. The van der Waals surface area contributed by atoms with Gasteiger partial charge < -0.3 is 9.47 Å². The molecule has 0 aromatic rings. The maximum absolute atomic E-state index is 12.9. The number of esters is 2. The first-order valence-electron chi connectivity index (χ1n) is 8.62. The molecule has 1 fully saturated rings. The zero-order chi connectivity index (χ0) is 16.9. The summed E-state index contributed by atoms with van der Waals surface area (Å²) in [7, 11) is 0. The van der Waals surface area contributed by atoms with Gasteiger partial charge in [-0.2, -0.15) is 0 Å². The molecule has 4 nitrogen and oxygen atoms in total. The highest BCUT2D eigenvalue weighted by atomic mass is 16.6. The van der Waals surface area contributed by atoms with Crippen molar-refractivity contribution in [3.05, 3.63) is 0 Å². The van der Waals surface area contributed by atoms with Crippen LogP contribution in [0.15, 0.2) is 0 Å². The number of carbonyl (C=O) groups is 2. The average molecular weight is 312 g/mol. The second-order valence-electron chi connectivity index (χ2n) is 7.46. The Kier molecular flexibility index (Phi) is 6.89. The standard InChI is InChI=1S/C18H32O4/c1-12(2)11-18(15-9-7-8-10-15,16(19)21-13(3)4)17(20)22-14(5)6/h12-15H,7-11H2,1-6H3. The van der Waals surface area contributed by atoms with E-state index in [9.17, 15) is 9.59 Å². The second-order valence-corrected chi connectivity index (χ2v) is 7.46. The van der Waals surface area contributed by atoms with E-state index in [4.69, 9.17) is 9.47 Å². The SMILES string of the molecule is CC(C)CC(C(=O)OC(C)C)(C(=O)OC(C)C)C1CCCC1. The zero-order valence-corrected chi connectivity index (χ0v) is 15.0. The summed E-state index contributed by atoms with van der Waals surface area (Å²) in [5.74, 6) is -0.532. The van der Waals surface area contributed by atoms with Crippen molar-refractivity contribution < 1.29 is 19.1 Å². The van der Waals surface area contributed by atoms with Crippen LogP contribution in [0.25, 0.3) is 0 Å². The van der Waals surface area contributed by atoms with E-state index in [0.29, 0.717) is 6.42 Å². The zero-order valence-electron chi connectivity index (χ0n) is 15.0. The van der Waals surface area contributed by atoms with Crippen molar-refractivity contribution in [1.29, 1.82) is 0 Å². The minimum Gasteiger partial charge on any atom is -0.462 e. The van der Waals surface area contributed by atoms with E-state index in [1.807, 2.05) is 41.5 Å². The monoisotopic (exact) mass is 312 g/mol. The van der Waals surface area contributed by atoms with Crippen LogP contribution in [-0.2, 0) is 19.1 Å². The lowest BCUT2D eigenvalue weighted by molar-refractivity contribution is -0.183. The highest BCUT2D eigenvalue weighted by Gasteiger charge is 2.55. The molecule has 22 heavy (non-hydrogen) atoms. The molecule has 0 atom stereocenters. The smallest absolute Gasteiger partial charge is 0.324 e. The van der Waals surface area contributed by atoms with Crippen LogP contribution in [-0.4, -0.2) is 24.1 Å². The largest absolute Gasteiger partial charge is 0.462 e. The van der Waals surface area contributed by atoms with Crippen molar-refractivity contribution >= 4 is 11.9 Å². The van der Waals surface area contributed by atoms with Gasteiger partial charge in [0, 0.05) is 0 Å². The van der Waals surface area contributed by atoms with Crippen molar-refractivity contribution in [2.75, 3.05) is 0 Å². The van der Waals surface area contributed by atoms with Gasteiger partial charge in [-0.3, -0.25) is 9.59 Å². The van der Waals surface area contributed by atoms with Crippen LogP contribution in [0, 0.1) is 17.3 Å². The molecule has 0 radical (unpaired) electrons. The Bertz CT molecular complexity index is 357. The molecule has 0 spiro atoms. The summed E-state index contributed by atoms with van der Waals surface area (Å²) in [6, 6.07) is 0. The minimum absolute atomic E-state index is 0.0346. The topological polar surface area (TPSA) is 52.6 Å². The predicted molar refractivity (Wildman–Crippen MR) is 86.3 cm³/mol. The van der Waals surface area contributed by atoms with Gasteiger partial charge in [0.15, 0.2) is 5.41 Å². The lowest BCUT2D eigenvalue weighted by atomic mass is 9.69. The maximum Gasteiger partial charge on any atom is 0.324 e. The van der Waals surface area contributed by atoms with Crippen molar-refractivity contribution in [2.45, 2.75) is 85.9 Å². The molecule has 128 valence electrons. The van der Waals surface area contributed by atoms with Gasteiger partial charge in [0.25, 0.3) is 0 Å². The lowest BCUT2D eigenvalue weighted by Gasteiger charge is -2.37. The molecule has 0 aromatic carbocycles. The first-order chi connectivity index (χ1) is 10.2. The summed E-state index contributed by atoms with van der Waals surface area (Å²) < 4.78 is 11.0. The molecule has 4 heteroatoms. The van der Waals surface area contributed by atoms with Crippen molar-refractivity contribution in [2.24, 2.45) is 17.3 Å². The molecule has 1 saturated carbocycles. The van der Waals surface area contributed by atoms with Crippen LogP contribution in [0.5, 0.6) is 0 Å². The fourth-order valence-corrected chi connectivity index (χ4v) is 3.45. The van der Waals surface area contributed by atoms with Gasteiger partial charge in [0.2, 0.25) is 0 Å². The van der Waals surface area contributed by atoms with Crippen LogP contribution >= 0.6 is 0 Å². The van der Waals surface area contributed by atoms with Crippen molar-refractivity contribution in [3.63, 3.8) is 0 Å². The Hall–Kier alpha value is -1.06. The van der Waals surface area contributed by atoms with E-state index < -0.39 is 17.4 Å². The summed E-state index contributed by atoms with van der Waals surface area (Å²) in [4.78, 5) is 25.8. The van der Waals surface area contributed by atoms with Crippen LogP contribution in [0.1, 0.15) is 73.6 Å². The van der Waals surface area contributed by atoms with Crippen LogP contribution < -0.4 is 0 Å². The normalized spacial score (nSPS) is 16.6. The highest BCUT2D eigenvalue weighted by Crippen LogP contribution is 2.46. The number of rotatable bonds is 7. The summed E-state index contributed by atoms with van der Waals surface area (Å²) >= 11 is 0. The van der Waals surface area contributed by atoms with E-state index in [1.165, 1.54) is 0 Å². The Morgan fingerprint density at radius 2 is 1.32 bits per heavy atom. The van der Waals surface area contributed by atoms with E-state index in [1.54, 1.807) is 0 Å². The third kappa shape index (κ3) is 4.47. The van der Waals surface area contributed by atoms with E-state index >= 15 is 0 Å². The van der Waals surface area contributed by atoms with Gasteiger partial charge in [-0.1, -0.05) is 26.7 Å². The van der Waals surface area contributed by atoms with Crippen LogP contribution in [0.4, 0.5) is 0 Å². The predicted octanol–water partition coefficient (Wildman–Crippen LogP) is 4.11.